The highest BCUT2D eigenvalue weighted by Gasteiger charge is 2.52. The van der Waals surface area contributed by atoms with Gasteiger partial charge in [0, 0.05) is 48.5 Å². The average Bonchev–Trinajstić information content (AvgIpc) is 3.79. The van der Waals surface area contributed by atoms with Gasteiger partial charge >= 0.3 is 0 Å². The Labute approximate surface area is 249 Å². The Hall–Kier alpha value is -3.90. The molecule has 3 heterocycles. The molecule has 0 saturated carbocycles. The number of H-pyrrole nitrogens is 1. The van der Waals surface area contributed by atoms with Crippen LogP contribution < -0.4 is 14.8 Å². The van der Waals surface area contributed by atoms with E-state index in [4.69, 9.17) is 14.2 Å². The van der Waals surface area contributed by atoms with Crippen molar-refractivity contribution >= 4 is 22.7 Å². The van der Waals surface area contributed by atoms with Gasteiger partial charge in [0.25, 0.3) is 0 Å². The number of amides is 2. The fourth-order valence-electron chi connectivity index (χ4n) is 6.50. The van der Waals surface area contributed by atoms with Crippen molar-refractivity contribution in [3.8, 4) is 11.5 Å². The Morgan fingerprint density at radius 1 is 1.19 bits per heavy atom. The van der Waals surface area contributed by atoms with Crippen molar-refractivity contribution in [1.82, 2.24) is 15.2 Å². The number of aromatic amines is 1. The number of carbonyl (C=O) groups is 2. The maximum Gasteiger partial charge on any atom is 0.247 e. The van der Waals surface area contributed by atoms with Gasteiger partial charge in [-0.1, -0.05) is 18.2 Å². The summed E-state index contributed by atoms with van der Waals surface area (Å²) < 4.78 is 17.4. The van der Waals surface area contributed by atoms with Crippen LogP contribution in [0.3, 0.4) is 0 Å². The molecule has 3 aromatic rings. The van der Waals surface area contributed by atoms with E-state index in [9.17, 15) is 24.9 Å². The summed E-state index contributed by atoms with van der Waals surface area (Å²) in [7, 11) is 1.49. The van der Waals surface area contributed by atoms with Gasteiger partial charge in [0.2, 0.25) is 11.8 Å². The van der Waals surface area contributed by atoms with E-state index in [0.29, 0.717) is 54.3 Å². The number of benzene rings is 2. The zero-order valence-corrected chi connectivity index (χ0v) is 24.0. The summed E-state index contributed by atoms with van der Waals surface area (Å²) in [5.74, 6) is -0.862. The van der Waals surface area contributed by atoms with E-state index in [1.807, 2.05) is 24.3 Å². The van der Waals surface area contributed by atoms with Crippen LogP contribution >= 0.6 is 0 Å². The first-order chi connectivity index (χ1) is 20.9. The van der Waals surface area contributed by atoms with Gasteiger partial charge in [-0.2, -0.15) is 0 Å². The minimum atomic E-state index is -1.18. The molecule has 1 aromatic heterocycles. The Balaban J connectivity index is 1.39. The number of aliphatic hydroxyl groups is 3. The van der Waals surface area contributed by atoms with Crippen molar-refractivity contribution in [2.75, 3.05) is 40.0 Å². The first-order valence-corrected chi connectivity index (χ1v) is 14.7. The van der Waals surface area contributed by atoms with Crippen LogP contribution in [0.15, 0.2) is 54.1 Å². The second-order valence-electron chi connectivity index (χ2n) is 11.2. The van der Waals surface area contributed by atoms with Gasteiger partial charge in [-0.3, -0.25) is 9.59 Å². The van der Waals surface area contributed by atoms with Crippen molar-refractivity contribution in [1.29, 1.82) is 0 Å². The lowest BCUT2D eigenvalue weighted by atomic mass is 9.77. The van der Waals surface area contributed by atoms with E-state index in [0.717, 1.165) is 16.6 Å². The molecule has 0 bridgehead atoms. The Kier molecular flexibility index (Phi) is 8.40. The van der Waals surface area contributed by atoms with Crippen LogP contribution in [0.4, 0.5) is 0 Å². The van der Waals surface area contributed by atoms with E-state index in [1.54, 1.807) is 23.1 Å². The van der Waals surface area contributed by atoms with Gasteiger partial charge in [0.1, 0.15) is 12.2 Å². The van der Waals surface area contributed by atoms with Crippen molar-refractivity contribution in [2.24, 2.45) is 5.92 Å². The highest BCUT2D eigenvalue weighted by Crippen LogP contribution is 2.51. The van der Waals surface area contributed by atoms with Crippen LogP contribution in [-0.4, -0.2) is 95.3 Å². The van der Waals surface area contributed by atoms with E-state index >= 15 is 0 Å². The number of hydrogen-bond acceptors (Lipinski definition) is 8. The molecule has 3 aliphatic rings. The summed E-state index contributed by atoms with van der Waals surface area (Å²) in [6, 6.07) is 12.5. The molecule has 43 heavy (non-hydrogen) atoms. The normalized spacial score (nSPS) is 24.2. The molecule has 1 fully saturated rings. The Morgan fingerprint density at radius 3 is 2.74 bits per heavy atom. The molecule has 11 nitrogen and oxygen atoms in total. The van der Waals surface area contributed by atoms with Crippen LogP contribution in [0.1, 0.15) is 29.2 Å². The minimum Gasteiger partial charge on any atom is -0.493 e. The molecule has 2 aromatic carbocycles. The van der Waals surface area contributed by atoms with Gasteiger partial charge in [-0.15, -0.1) is 0 Å². The highest BCUT2D eigenvalue weighted by atomic mass is 16.5. The molecule has 228 valence electrons. The first-order valence-electron chi connectivity index (χ1n) is 14.7. The zero-order chi connectivity index (χ0) is 30.1. The fraction of sp³-hybridized carbons (Fsp3) is 0.438. The fourth-order valence-corrected chi connectivity index (χ4v) is 6.50. The largest absolute Gasteiger partial charge is 0.493 e. The molecule has 5 atom stereocenters. The summed E-state index contributed by atoms with van der Waals surface area (Å²) in [4.78, 5) is 32.6. The van der Waals surface area contributed by atoms with Crippen molar-refractivity contribution in [3.05, 3.63) is 70.9 Å². The lowest BCUT2D eigenvalue weighted by molar-refractivity contribution is -0.141. The summed E-state index contributed by atoms with van der Waals surface area (Å²) in [6.45, 7) is 0.617. The molecule has 2 amide bonds. The molecule has 5 N–H and O–H groups in total. The van der Waals surface area contributed by atoms with Crippen molar-refractivity contribution < 1.29 is 39.1 Å². The zero-order valence-electron chi connectivity index (χ0n) is 24.0. The number of aromatic nitrogens is 1. The number of aliphatic hydroxyl groups excluding tert-OH is 3. The molecular formula is C32H37N3O8. The van der Waals surface area contributed by atoms with E-state index in [-0.39, 0.29) is 38.1 Å². The standard InChI is InChI=1S/C32H37N3O8/c1-41-26-13-18(16-37)12-22-27-23(31(39)33-8-10-36)15-25(28(38)30(27)43-29(22)26)35(32(40)20-7-11-42-17-20)9-6-21-14-19-4-2-3-5-24(19)34-21/h2-5,12-15,20,25,27-28,30,34,36-38H,6-11,16-17H2,1H3,(H,33,39). The number of nitrogens with zero attached hydrogens (tertiary/aromatic N) is 1. The number of hydrogen-bond donors (Lipinski definition) is 5. The van der Waals surface area contributed by atoms with Crippen LogP contribution in [0.2, 0.25) is 0 Å². The monoisotopic (exact) mass is 591 g/mol. The van der Waals surface area contributed by atoms with Gasteiger partial charge < -0.3 is 44.7 Å². The maximum atomic E-state index is 14.0. The quantitative estimate of drug-likeness (QED) is 0.237. The predicted molar refractivity (Wildman–Crippen MR) is 157 cm³/mol. The number of carbonyl (C=O) groups excluding carboxylic acids is 2. The van der Waals surface area contributed by atoms with Gasteiger partial charge in [-0.05, 0) is 47.7 Å². The van der Waals surface area contributed by atoms with Crippen LogP contribution in [0, 0.1) is 5.92 Å². The minimum absolute atomic E-state index is 0.0386. The molecule has 1 saturated heterocycles. The predicted octanol–water partition coefficient (Wildman–Crippen LogP) is 1.40. The van der Waals surface area contributed by atoms with E-state index in [1.165, 1.54) is 7.11 Å². The molecule has 5 unspecified atom stereocenters. The summed E-state index contributed by atoms with van der Waals surface area (Å²) >= 11 is 0. The smallest absolute Gasteiger partial charge is 0.247 e. The summed E-state index contributed by atoms with van der Waals surface area (Å²) in [5.41, 5.74) is 3.44. The number of rotatable bonds is 10. The second kappa shape index (κ2) is 12.4. The maximum absolute atomic E-state index is 14.0. The third-order valence-corrected chi connectivity index (χ3v) is 8.62. The molecular weight excluding hydrogens is 554 g/mol. The third-order valence-electron chi connectivity index (χ3n) is 8.62. The van der Waals surface area contributed by atoms with Crippen LogP contribution in [0.25, 0.3) is 10.9 Å². The molecule has 2 aliphatic heterocycles. The van der Waals surface area contributed by atoms with Crippen LogP contribution in [0.5, 0.6) is 11.5 Å². The third kappa shape index (κ3) is 5.49. The highest BCUT2D eigenvalue weighted by molar-refractivity contribution is 5.96. The molecule has 11 heteroatoms. The van der Waals surface area contributed by atoms with Gasteiger partial charge in [-0.25, -0.2) is 0 Å². The SMILES string of the molecule is COc1cc(CO)cc2c1OC1C2C(C(=O)NCCO)=CC(N(CCc2cc3ccccc3[nH]2)C(=O)C2CCOC2)C1O. The van der Waals surface area contributed by atoms with E-state index < -0.39 is 30.1 Å². The molecule has 6 rings (SSSR count). The molecule has 0 radical (unpaired) electrons. The lowest BCUT2D eigenvalue weighted by Crippen LogP contribution is -2.57. The molecule has 0 spiro atoms. The van der Waals surface area contributed by atoms with Gasteiger partial charge in [0.05, 0.1) is 44.8 Å². The van der Waals surface area contributed by atoms with Crippen molar-refractivity contribution in [3.63, 3.8) is 0 Å². The summed E-state index contributed by atoms with van der Waals surface area (Å²) in [5, 5.41) is 35.0. The number of para-hydroxylation sites is 1. The number of nitrogens with one attached hydrogen (secondary N) is 2. The number of methoxy groups -OCH3 is 1. The van der Waals surface area contributed by atoms with E-state index in [2.05, 4.69) is 16.4 Å². The molecule has 1 aliphatic carbocycles. The topological polar surface area (TPSA) is 154 Å². The number of fused-ring (bicyclic) bond motifs is 4. The summed E-state index contributed by atoms with van der Waals surface area (Å²) in [6.07, 6.45) is 0.662. The van der Waals surface area contributed by atoms with Gasteiger partial charge in [0.15, 0.2) is 11.5 Å². The average molecular weight is 592 g/mol. The Bertz CT molecular complexity index is 1500. The van der Waals surface area contributed by atoms with Crippen molar-refractivity contribution in [2.45, 2.75) is 43.6 Å². The van der Waals surface area contributed by atoms with Crippen LogP contribution in [-0.2, 0) is 27.4 Å². The first kappa shape index (κ1) is 29.2. The second-order valence-corrected chi connectivity index (χ2v) is 11.2. The lowest BCUT2D eigenvalue weighted by Gasteiger charge is -2.41. The number of ether oxygens (including phenoxy) is 3. The Morgan fingerprint density at radius 2 is 2.02 bits per heavy atom.